The standard InChI is InChI=1S/C65H50N4/c1-44-23-20-21-36-61(44)63-45(2)62(54-35-22-34-53(37-54)49-26-12-6-13-27-49)68-65(69-63)60-39-55(47(4)67-64(52-32-18-9-19-33-52)66-46(3)48-24-10-5-11-25-48)38-58(43-60)59-41-56(50-28-14-7-15-29-50)40-57(42-59)51-30-16-8-17-31-51/h5-43H,3H2,1-2,4H3. The molecule has 10 aromatic rings. The van der Waals surface area contributed by atoms with E-state index in [0.717, 1.165) is 106 Å². The normalized spacial score (nSPS) is 11.6. The maximum atomic E-state index is 5.52. The molecule has 0 aliphatic heterocycles. The van der Waals surface area contributed by atoms with E-state index in [2.05, 4.69) is 203 Å². The molecule has 0 bridgehead atoms. The molecule has 0 unspecified atom stereocenters. The van der Waals surface area contributed by atoms with Crippen molar-refractivity contribution in [2.24, 2.45) is 9.98 Å². The lowest BCUT2D eigenvalue weighted by Crippen LogP contribution is -2.06. The first-order valence-corrected chi connectivity index (χ1v) is 23.3. The summed E-state index contributed by atoms with van der Waals surface area (Å²) in [6.45, 7) is 10.7. The molecule has 4 nitrogen and oxygen atoms in total. The smallest absolute Gasteiger partial charge is 0.160 e. The summed E-state index contributed by atoms with van der Waals surface area (Å²) in [7, 11) is 0. The molecule has 0 radical (unpaired) electrons. The first-order valence-electron chi connectivity index (χ1n) is 23.3. The van der Waals surface area contributed by atoms with Crippen LogP contribution in [0.3, 0.4) is 0 Å². The van der Waals surface area contributed by atoms with E-state index in [9.17, 15) is 0 Å². The summed E-state index contributed by atoms with van der Waals surface area (Å²) in [6, 6.07) is 82.4. The number of aliphatic imine (C=N–C) groups is 2. The first-order chi connectivity index (χ1) is 33.8. The summed E-state index contributed by atoms with van der Waals surface area (Å²) < 4.78 is 0. The minimum absolute atomic E-state index is 0.570. The van der Waals surface area contributed by atoms with Crippen LogP contribution in [0.25, 0.3) is 84.1 Å². The van der Waals surface area contributed by atoms with Crippen LogP contribution in [0, 0.1) is 13.8 Å². The predicted molar refractivity (Wildman–Crippen MR) is 290 cm³/mol. The minimum atomic E-state index is 0.570. The van der Waals surface area contributed by atoms with E-state index < -0.39 is 0 Å². The average molecular weight is 887 g/mol. The molecule has 0 N–H and O–H groups in total. The Morgan fingerprint density at radius 3 is 1.38 bits per heavy atom. The van der Waals surface area contributed by atoms with Crippen LogP contribution in [0.5, 0.6) is 0 Å². The largest absolute Gasteiger partial charge is 0.233 e. The zero-order chi connectivity index (χ0) is 47.1. The number of hydrogen-bond donors (Lipinski definition) is 0. The third-order valence-electron chi connectivity index (χ3n) is 12.5. The Labute approximate surface area is 405 Å². The molecule has 0 spiro atoms. The lowest BCUT2D eigenvalue weighted by atomic mass is 9.91. The SMILES string of the molecule is C=C(N=C(N=C(C)c1cc(-c2cc(-c3ccccc3)cc(-c3ccccc3)c2)cc(-c2nc(-c3cccc(-c4ccccc4)c3)c(C)c(-c3ccccc3C)n2)c1)c1ccccc1)c1ccccc1. The summed E-state index contributed by atoms with van der Waals surface area (Å²) in [5.74, 6) is 1.19. The van der Waals surface area contributed by atoms with Gasteiger partial charge in [0.2, 0.25) is 0 Å². The molecule has 0 fully saturated rings. The van der Waals surface area contributed by atoms with Gasteiger partial charge in [-0.3, -0.25) is 0 Å². The zero-order valence-corrected chi connectivity index (χ0v) is 39.0. The second kappa shape index (κ2) is 19.9. The molecule has 10 rings (SSSR count). The number of aromatic nitrogens is 2. The van der Waals surface area contributed by atoms with Crippen molar-refractivity contribution < 1.29 is 0 Å². The Balaban J connectivity index is 1.22. The highest BCUT2D eigenvalue weighted by Gasteiger charge is 2.20. The van der Waals surface area contributed by atoms with Crippen molar-refractivity contribution in [1.82, 2.24) is 9.97 Å². The second-order valence-corrected chi connectivity index (χ2v) is 17.3. The highest BCUT2D eigenvalue weighted by atomic mass is 14.9. The Bertz CT molecular complexity index is 3450. The number of benzene rings is 9. The van der Waals surface area contributed by atoms with Crippen molar-refractivity contribution in [3.63, 3.8) is 0 Å². The molecule has 1 aromatic heterocycles. The van der Waals surface area contributed by atoms with Gasteiger partial charge >= 0.3 is 0 Å². The van der Waals surface area contributed by atoms with E-state index >= 15 is 0 Å². The van der Waals surface area contributed by atoms with E-state index in [1.54, 1.807) is 0 Å². The molecule has 0 amide bonds. The number of nitrogens with zero attached hydrogens (tertiary/aromatic N) is 4. The quantitative estimate of drug-likeness (QED) is 0.0960. The van der Waals surface area contributed by atoms with Gasteiger partial charge in [0.1, 0.15) is 0 Å². The van der Waals surface area contributed by atoms with Gasteiger partial charge in [0, 0.05) is 33.5 Å². The molecular weight excluding hydrogens is 837 g/mol. The highest BCUT2D eigenvalue weighted by molar-refractivity contribution is 6.13. The molecule has 0 saturated carbocycles. The maximum absolute atomic E-state index is 5.52. The third kappa shape index (κ3) is 9.83. The Morgan fingerprint density at radius 2 is 0.783 bits per heavy atom. The number of amidine groups is 1. The van der Waals surface area contributed by atoms with Crippen LogP contribution in [-0.2, 0) is 0 Å². The zero-order valence-electron chi connectivity index (χ0n) is 39.0. The topological polar surface area (TPSA) is 50.5 Å². The Morgan fingerprint density at radius 1 is 0.362 bits per heavy atom. The fraction of sp³-hybridized carbons (Fsp3) is 0.0462. The average Bonchev–Trinajstić information content (AvgIpc) is 3.42. The van der Waals surface area contributed by atoms with Crippen LogP contribution >= 0.6 is 0 Å². The van der Waals surface area contributed by atoms with Crippen LogP contribution in [0.2, 0.25) is 0 Å². The predicted octanol–water partition coefficient (Wildman–Crippen LogP) is 16.7. The molecule has 4 heteroatoms. The van der Waals surface area contributed by atoms with Gasteiger partial charge < -0.3 is 0 Å². The van der Waals surface area contributed by atoms with Gasteiger partial charge in [-0.2, -0.15) is 0 Å². The van der Waals surface area contributed by atoms with E-state index in [0.29, 0.717) is 17.4 Å². The van der Waals surface area contributed by atoms with E-state index in [-0.39, 0.29) is 0 Å². The maximum Gasteiger partial charge on any atom is 0.160 e. The summed E-state index contributed by atoms with van der Waals surface area (Å²) in [5, 5.41) is 0. The summed E-state index contributed by atoms with van der Waals surface area (Å²) in [6.07, 6.45) is 0. The van der Waals surface area contributed by atoms with Crippen LogP contribution in [-0.4, -0.2) is 21.5 Å². The van der Waals surface area contributed by atoms with Crippen molar-refractivity contribution in [2.75, 3.05) is 0 Å². The van der Waals surface area contributed by atoms with E-state index in [4.69, 9.17) is 20.0 Å². The third-order valence-corrected chi connectivity index (χ3v) is 12.5. The molecule has 0 saturated heterocycles. The van der Waals surface area contributed by atoms with Crippen LogP contribution in [0.15, 0.2) is 253 Å². The summed E-state index contributed by atoms with van der Waals surface area (Å²) in [4.78, 5) is 21.4. The second-order valence-electron chi connectivity index (χ2n) is 17.3. The van der Waals surface area contributed by atoms with E-state index in [1.165, 1.54) is 0 Å². The molecule has 69 heavy (non-hydrogen) atoms. The van der Waals surface area contributed by atoms with Gasteiger partial charge in [-0.15, -0.1) is 0 Å². The fourth-order valence-corrected chi connectivity index (χ4v) is 8.81. The summed E-state index contributed by atoms with van der Waals surface area (Å²) in [5.41, 5.74) is 19.9. The van der Waals surface area contributed by atoms with E-state index in [1.807, 2.05) is 60.7 Å². The molecule has 330 valence electrons. The van der Waals surface area contributed by atoms with Crippen molar-refractivity contribution in [2.45, 2.75) is 20.8 Å². The van der Waals surface area contributed by atoms with Crippen LogP contribution < -0.4 is 0 Å². The Hall–Kier alpha value is -8.86. The lowest BCUT2D eigenvalue weighted by molar-refractivity contribution is 1.14. The van der Waals surface area contributed by atoms with Gasteiger partial charge in [0.25, 0.3) is 0 Å². The van der Waals surface area contributed by atoms with Crippen molar-refractivity contribution in [1.29, 1.82) is 0 Å². The van der Waals surface area contributed by atoms with Crippen LogP contribution in [0.4, 0.5) is 0 Å². The number of aryl methyl sites for hydroxylation is 1. The monoisotopic (exact) mass is 886 g/mol. The van der Waals surface area contributed by atoms with Gasteiger partial charge in [-0.05, 0) is 124 Å². The molecule has 1 heterocycles. The number of hydrogen-bond acceptors (Lipinski definition) is 3. The van der Waals surface area contributed by atoms with Gasteiger partial charge in [0.05, 0.1) is 17.1 Å². The van der Waals surface area contributed by atoms with Crippen molar-refractivity contribution in [3.8, 4) is 78.4 Å². The van der Waals surface area contributed by atoms with Gasteiger partial charge in [0.15, 0.2) is 11.7 Å². The first kappa shape index (κ1) is 44.0. The Kier molecular flexibility index (Phi) is 12.7. The van der Waals surface area contributed by atoms with Gasteiger partial charge in [-0.25, -0.2) is 20.0 Å². The molecule has 0 atom stereocenters. The van der Waals surface area contributed by atoms with Crippen LogP contribution in [0.1, 0.15) is 34.7 Å². The lowest BCUT2D eigenvalue weighted by Gasteiger charge is -2.17. The van der Waals surface area contributed by atoms with Crippen molar-refractivity contribution >= 4 is 17.2 Å². The van der Waals surface area contributed by atoms with Crippen molar-refractivity contribution in [3.05, 3.63) is 271 Å². The molecular formula is C65H50N4. The number of rotatable bonds is 11. The van der Waals surface area contributed by atoms with Gasteiger partial charge in [-0.1, -0.05) is 201 Å². The highest BCUT2D eigenvalue weighted by Crippen LogP contribution is 2.38. The summed E-state index contributed by atoms with van der Waals surface area (Å²) >= 11 is 0. The fourth-order valence-electron chi connectivity index (χ4n) is 8.81. The molecule has 0 aliphatic carbocycles. The molecule has 0 aliphatic rings. The molecule has 9 aromatic carbocycles. The minimum Gasteiger partial charge on any atom is -0.233 e.